The highest BCUT2D eigenvalue weighted by Crippen LogP contribution is 2.26. The van der Waals surface area contributed by atoms with Crippen molar-refractivity contribution in [2.45, 2.75) is 50.8 Å². The standard InChI is InChI=1S/C17H25N3O3S/c1-12(2)24(21,22)20-14-9-7-13(8-10-14)11-18-17-19-15-5-3-4-6-16(15)23-17/h3-6,12-14,20H,7-11H2,1-2H3,(H,18,19). The number of aromatic nitrogens is 1. The lowest BCUT2D eigenvalue weighted by Gasteiger charge is -2.29. The fraction of sp³-hybridized carbons (Fsp3) is 0.588. The first-order chi connectivity index (χ1) is 11.4. The maximum Gasteiger partial charge on any atom is 0.295 e. The second-order valence-electron chi connectivity index (χ2n) is 6.80. The Labute approximate surface area is 143 Å². The van der Waals surface area contributed by atoms with E-state index in [1.807, 2.05) is 24.3 Å². The fourth-order valence-electron chi connectivity index (χ4n) is 3.03. The summed E-state index contributed by atoms with van der Waals surface area (Å²) in [6.07, 6.45) is 3.76. The van der Waals surface area contributed by atoms with Gasteiger partial charge in [0.25, 0.3) is 6.01 Å². The molecule has 0 atom stereocenters. The molecule has 1 fully saturated rings. The third-order valence-electron chi connectivity index (χ3n) is 4.63. The van der Waals surface area contributed by atoms with Crippen LogP contribution in [0.25, 0.3) is 11.1 Å². The summed E-state index contributed by atoms with van der Waals surface area (Å²) in [5, 5.41) is 2.89. The van der Waals surface area contributed by atoms with Gasteiger partial charge in [0.2, 0.25) is 10.0 Å². The SMILES string of the molecule is CC(C)S(=O)(=O)NC1CCC(CNc2nc3ccccc3o2)CC1. The topological polar surface area (TPSA) is 84.2 Å². The van der Waals surface area contributed by atoms with Crippen LogP contribution < -0.4 is 10.0 Å². The molecule has 6 nitrogen and oxygen atoms in total. The van der Waals surface area contributed by atoms with Gasteiger partial charge >= 0.3 is 0 Å². The van der Waals surface area contributed by atoms with Crippen molar-refractivity contribution in [1.82, 2.24) is 9.71 Å². The number of anilines is 1. The lowest BCUT2D eigenvalue weighted by molar-refractivity contribution is 0.322. The molecule has 1 aromatic heterocycles. The van der Waals surface area contributed by atoms with Gasteiger partial charge in [0.15, 0.2) is 5.58 Å². The lowest BCUT2D eigenvalue weighted by Crippen LogP contribution is -2.41. The first kappa shape index (κ1) is 17.2. The molecule has 132 valence electrons. The summed E-state index contributed by atoms with van der Waals surface area (Å²) in [6, 6.07) is 8.32. The number of hydrogen-bond acceptors (Lipinski definition) is 5. The average molecular weight is 351 g/mol. The van der Waals surface area contributed by atoms with Gasteiger partial charge in [-0.05, 0) is 57.6 Å². The van der Waals surface area contributed by atoms with Crippen LogP contribution in [0.4, 0.5) is 6.01 Å². The molecule has 0 bridgehead atoms. The lowest BCUT2D eigenvalue weighted by atomic mass is 9.86. The van der Waals surface area contributed by atoms with Crippen LogP contribution in [0, 0.1) is 5.92 Å². The number of rotatable bonds is 6. The Hall–Kier alpha value is -1.60. The quantitative estimate of drug-likeness (QED) is 0.835. The number of oxazole rings is 1. The summed E-state index contributed by atoms with van der Waals surface area (Å²) >= 11 is 0. The average Bonchev–Trinajstić information content (AvgIpc) is 2.96. The van der Waals surface area contributed by atoms with Gasteiger partial charge in [-0.2, -0.15) is 4.98 Å². The van der Waals surface area contributed by atoms with E-state index in [2.05, 4.69) is 15.0 Å². The molecule has 2 aromatic rings. The van der Waals surface area contributed by atoms with Crippen LogP contribution in [0.1, 0.15) is 39.5 Å². The number of sulfonamides is 1. The molecule has 1 aromatic carbocycles. The van der Waals surface area contributed by atoms with E-state index < -0.39 is 10.0 Å². The van der Waals surface area contributed by atoms with Gasteiger partial charge in [-0.1, -0.05) is 12.1 Å². The summed E-state index contributed by atoms with van der Waals surface area (Å²) in [5.74, 6) is 0.514. The summed E-state index contributed by atoms with van der Waals surface area (Å²) < 4.78 is 32.4. The summed E-state index contributed by atoms with van der Waals surface area (Å²) in [7, 11) is -3.18. The van der Waals surface area contributed by atoms with Crippen molar-refractivity contribution in [3.05, 3.63) is 24.3 Å². The third-order valence-corrected chi connectivity index (χ3v) is 6.54. The van der Waals surface area contributed by atoms with Gasteiger partial charge in [-0.3, -0.25) is 0 Å². The van der Waals surface area contributed by atoms with Crippen molar-refractivity contribution >= 4 is 27.1 Å². The van der Waals surface area contributed by atoms with Crippen LogP contribution in [-0.4, -0.2) is 31.2 Å². The number of nitrogens with one attached hydrogen (secondary N) is 2. The minimum atomic E-state index is -3.18. The molecule has 3 rings (SSSR count). The van der Waals surface area contributed by atoms with E-state index >= 15 is 0 Å². The molecule has 0 aliphatic heterocycles. The molecule has 1 aliphatic rings. The van der Waals surface area contributed by atoms with Gasteiger partial charge in [-0.25, -0.2) is 13.1 Å². The van der Waals surface area contributed by atoms with Crippen LogP contribution >= 0.6 is 0 Å². The second-order valence-corrected chi connectivity index (χ2v) is 9.07. The number of nitrogens with zero attached hydrogens (tertiary/aromatic N) is 1. The van der Waals surface area contributed by atoms with Crippen molar-refractivity contribution in [3.8, 4) is 0 Å². The van der Waals surface area contributed by atoms with E-state index in [1.54, 1.807) is 13.8 Å². The maximum atomic E-state index is 11.9. The zero-order chi connectivity index (χ0) is 17.2. The number of fused-ring (bicyclic) bond motifs is 1. The van der Waals surface area contributed by atoms with Crippen LogP contribution in [0.5, 0.6) is 0 Å². The molecule has 0 amide bonds. The summed E-state index contributed by atoms with van der Waals surface area (Å²) in [5.41, 5.74) is 1.64. The van der Waals surface area contributed by atoms with Gasteiger partial charge < -0.3 is 9.73 Å². The molecule has 7 heteroatoms. The molecule has 24 heavy (non-hydrogen) atoms. The highest BCUT2D eigenvalue weighted by molar-refractivity contribution is 7.90. The van der Waals surface area contributed by atoms with Crippen LogP contribution in [-0.2, 0) is 10.0 Å². The first-order valence-electron chi connectivity index (χ1n) is 8.54. The first-order valence-corrected chi connectivity index (χ1v) is 10.1. The highest BCUT2D eigenvalue weighted by Gasteiger charge is 2.26. The van der Waals surface area contributed by atoms with Gasteiger partial charge in [0.1, 0.15) is 5.52 Å². The molecule has 0 spiro atoms. The largest absolute Gasteiger partial charge is 0.424 e. The zero-order valence-corrected chi connectivity index (χ0v) is 15.0. The van der Waals surface area contributed by atoms with Crippen molar-refractivity contribution in [2.24, 2.45) is 5.92 Å². The predicted molar refractivity (Wildman–Crippen MR) is 95.4 cm³/mol. The summed E-state index contributed by atoms with van der Waals surface area (Å²) in [6.45, 7) is 4.22. The van der Waals surface area contributed by atoms with E-state index in [0.29, 0.717) is 11.9 Å². The smallest absolute Gasteiger partial charge is 0.295 e. The van der Waals surface area contributed by atoms with Crippen LogP contribution in [0.2, 0.25) is 0 Å². The maximum absolute atomic E-state index is 11.9. The van der Waals surface area contributed by atoms with Gasteiger partial charge in [-0.15, -0.1) is 0 Å². The van der Waals surface area contributed by atoms with Gasteiger partial charge in [0.05, 0.1) is 5.25 Å². The Kier molecular flexibility index (Phi) is 5.10. The molecule has 1 heterocycles. The van der Waals surface area contributed by atoms with E-state index in [9.17, 15) is 8.42 Å². The van der Waals surface area contributed by atoms with Gasteiger partial charge in [0, 0.05) is 12.6 Å². The van der Waals surface area contributed by atoms with E-state index in [-0.39, 0.29) is 11.3 Å². The molecule has 1 saturated carbocycles. The fourth-order valence-corrected chi connectivity index (χ4v) is 4.00. The highest BCUT2D eigenvalue weighted by atomic mass is 32.2. The molecule has 2 N–H and O–H groups in total. The second kappa shape index (κ2) is 7.11. The predicted octanol–water partition coefficient (Wildman–Crippen LogP) is 3.13. The van der Waals surface area contributed by atoms with Crippen LogP contribution in [0.15, 0.2) is 28.7 Å². The Morgan fingerprint density at radius 3 is 2.58 bits per heavy atom. The van der Waals surface area contributed by atoms with Crippen molar-refractivity contribution in [3.63, 3.8) is 0 Å². The number of hydrogen-bond donors (Lipinski definition) is 2. The van der Waals surface area contributed by atoms with E-state index in [4.69, 9.17) is 4.42 Å². The van der Waals surface area contributed by atoms with Crippen molar-refractivity contribution in [1.29, 1.82) is 0 Å². The Morgan fingerprint density at radius 2 is 1.92 bits per heavy atom. The molecular weight excluding hydrogens is 326 g/mol. The number of benzene rings is 1. The Balaban J connectivity index is 1.47. The van der Waals surface area contributed by atoms with Crippen molar-refractivity contribution < 1.29 is 12.8 Å². The Bertz CT molecular complexity index is 744. The molecule has 1 aliphatic carbocycles. The Morgan fingerprint density at radius 1 is 1.21 bits per heavy atom. The van der Waals surface area contributed by atoms with Crippen LogP contribution in [0.3, 0.4) is 0 Å². The minimum absolute atomic E-state index is 0.0676. The van der Waals surface area contributed by atoms with Crippen molar-refractivity contribution in [2.75, 3.05) is 11.9 Å². The molecular formula is C17H25N3O3S. The molecule has 0 radical (unpaired) electrons. The number of para-hydroxylation sites is 2. The summed E-state index contributed by atoms with van der Waals surface area (Å²) in [4.78, 5) is 4.41. The minimum Gasteiger partial charge on any atom is -0.424 e. The van der Waals surface area contributed by atoms with E-state index in [1.165, 1.54) is 0 Å². The molecule has 0 saturated heterocycles. The third kappa shape index (κ3) is 4.08. The van der Waals surface area contributed by atoms with E-state index in [0.717, 1.165) is 43.3 Å². The normalized spacial score (nSPS) is 22.1. The zero-order valence-electron chi connectivity index (χ0n) is 14.2. The monoisotopic (exact) mass is 351 g/mol. The molecule has 0 unspecified atom stereocenters.